The van der Waals surface area contributed by atoms with E-state index >= 15 is 0 Å². The molecule has 0 bridgehead atoms. The van der Waals surface area contributed by atoms with Crippen molar-refractivity contribution in [2.75, 3.05) is 18.5 Å². The number of nitrogens with zero attached hydrogens (tertiary/aromatic N) is 2. The van der Waals surface area contributed by atoms with Crippen molar-refractivity contribution in [3.05, 3.63) is 76.0 Å². The lowest BCUT2D eigenvalue weighted by atomic mass is 10.1. The average Bonchev–Trinajstić information content (AvgIpc) is 3.51. The second-order valence-corrected chi connectivity index (χ2v) is 10.9. The van der Waals surface area contributed by atoms with E-state index in [0.717, 1.165) is 23.3 Å². The maximum absolute atomic E-state index is 13.5. The van der Waals surface area contributed by atoms with Gasteiger partial charge in [-0.2, -0.15) is 0 Å². The van der Waals surface area contributed by atoms with Gasteiger partial charge in [-0.1, -0.05) is 24.3 Å². The van der Waals surface area contributed by atoms with Gasteiger partial charge in [-0.15, -0.1) is 11.3 Å². The summed E-state index contributed by atoms with van der Waals surface area (Å²) < 4.78 is 33.3. The van der Waals surface area contributed by atoms with E-state index in [-0.39, 0.29) is 16.8 Å². The van der Waals surface area contributed by atoms with E-state index in [1.54, 1.807) is 47.7 Å². The first-order chi connectivity index (χ1) is 15.3. The van der Waals surface area contributed by atoms with Crippen LogP contribution in [-0.2, 0) is 16.6 Å². The van der Waals surface area contributed by atoms with Crippen LogP contribution < -0.4 is 9.04 Å². The van der Waals surface area contributed by atoms with Gasteiger partial charge in [0.25, 0.3) is 15.9 Å². The summed E-state index contributed by atoms with van der Waals surface area (Å²) in [5.41, 5.74) is 1.61. The van der Waals surface area contributed by atoms with E-state index in [2.05, 4.69) is 0 Å². The number of ether oxygens (including phenoxy) is 1. The zero-order valence-corrected chi connectivity index (χ0v) is 19.9. The fraction of sp³-hybridized carbons (Fsp3) is 0.292. The molecular weight excluding hydrogens is 444 g/mol. The van der Waals surface area contributed by atoms with Crippen LogP contribution in [0, 0.1) is 6.92 Å². The van der Waals surface area contributed by atoms with E-state index in [0.29, 0.717) is 23.5 Å². The van der Waals surface area contributed by atoms with Crippen molar-refractivity contribution in [2.24, 2.45) is 0 Å². The first-order valence-electron chi connectivity index (χ1n) is 10.4. The SMILES string of the molecule is COc1ccccc1N(C)S(=O)(=O)c1ccc(C)c(C(=O)N(Cc2cccs2)C2CC2)c1. The third-order valence-electron chi connectivity index (χ3n) is 5.68. The van der Waals surface area contributed by atoms with Crippen molar-refractivity contribution in [2.45, 2.75) is 37.2 Å². The maximum Gasteiger partial charge on any atom is 0.264 e. The van der Waals surface area contributed by atoms with Crippen molar-refractivity contribution >= 4 is 33.0 Å². The number of hydrogen-bond acceptors (Lipinski definition) is 5. The predicted octanol–water partition coefficient (Wildman–Crippen LogP) is 4.70. The summed E-state index contributed by atoms with van der Waals surface area (Å²) >= 11 is 1.62. The molecule has 0 spiro atoms. The molecule has 1 aliphatic rings. The Bertz CT molecular complexity index is 1220. The van der Waals surface area contributed by atoms with Gasteiger partial charge in [0.2, 0.25) is 0 Å². The Hall–Kier alpha value is -2.84. The number of para-hydroxylation sites is 2. The largest absolute Gasteiger partial charge is 0.495 e. The van der Waals surface area contributed by atoms with Crippen LogP contribution >= 0.6 is 11.3 Å². The summed E-state index contributed by atoms with van der Waals surface area (Å²) in [4.78, 5) is 16.6. The quantitative estimate of drug-likeness (QED) is 0.479. The molecule has 0 aliphatic heterocycles. The third-order valence-corrected chi connectivity index (χ3v) is 8.31. The summed E-state index contributed by atoms with van der Waals surface area (Å²) in [6.45, 7) is 2.38. The highest BCUT2D eigenvalue weighted by Gasteiger charge is 2.34. The van der Waals surface area contributed by atoms with Crippen molar-refractivity contribution in [3.8, 4) is 5.75 Å². The Morgan fingerprint density at radius 3 is 2.53 bits per heavy atom. The number of amides is 1. The van der Waals surface area contributed by atoms with Crippen LogP contribution in [0.3, 0.4) is 0 Å². The molecule has 1 aliphatic carbocycles. The van der Waals surface area contributed by atoms with Crippen LogP contribution in [0.2, 0.25) is 0 Å². The van der Waals surface area contributed by atoms with Gasteiger partial charge in [-0.3, -0.25) is 9.10 Å². The number of sulfonamides is 1. The van der Waals surface area contributed by atoms with Gasteiger partial charge < -0.3 is 9.64 Å². The second kappa shape index (κ2) is 8.96. The first kappa shape index (κ1) is 22.4. The van der Waals surface area contributed by atoms with Gasteiger partial charge in [-0.05, 0) is 61.0 Å². The highest BCUT2D eigenvalue weighted by molar-refractivity contribution is 7.92. The Labute approximate surface area is 193 Å². The van der Waals surface area contributed by atoms with Crippen molar-refractivity contribution in [3.63, 3.8) is 0 Å². The molecule has 1 aromatic heterocycles. The molecule has 32 heavy (non-hydrogen) atoms. The minimum atomic E-state index is -3.89. The van der Waals surface area contributed by atoms with Crippen LogP contribution in [-0.4, -0.2) is 39.4 Å². The number of carbonyl (C=O) groups excluding carboxylic acids is 1. The van der Waals surface area contributed by atoms with Gasteiger partial charge in [0.1, 0.15) is 5.75 Å². The topological polar surface area (TPSA) is 66.9 Å². The van der Waals surface area contributed by atoms with Crippen LogP contribution in [0.25, 0.3) is 0 Å². The summed E-state index contributed by atoms with van der Waals surface area (Å²) in [5.74, 6) is 0.327. The fourth-order valence-electron chi connectivity index (χ4n) is 3.65. The van der Waals surface area contributed by atoms with Crippen LogP contribution in [0.1, 0.15) is 33.6 Å². The predicted molar refractivity (Wildman–Crippen MR) is 127 cm³/mol. The molecule has 1 fully saturated rings. The number of methoxy groups -OCH3 is 1. The molecule has 0 N–H and O–H groups in total. The minimum Gasteiger partial charge on any atom is -0.495 e. The van der Waals surface area contributed by atoms with Gasteiger partial charge in [-0.25, -0.2) is 8.42 Å². The minimum absolute atomic E-state index is 0.0757. The van der Waals surface area contributed by atoms with Crippen molar-refractivity contribution < 1.29 is 17.9 Å². The molecule has 1 heterocycles. The molecule has 0 unspecified atom stereocenters. The van der Waals surface area contributed by atoms with E-state index in [4.69, 9.17) is 4.74 Å². The molecule has 0 saturated heterocycles. The molecule has 2 aromatic carbocycles. The first-order valence-corrected chi connectivity index (χ1v) is 12.7. The van der Waals surface area contributed by atoms with Crippen LogP contribution in [0.4, 0.5) is 5.69 Å². The molecule has 1 saturated carbocycles. The lowest BCUT2D eigenvalue weighted by molar-refractivity contribution is 0.0730. The highest BCUT2D eigenvalue weighted by Crippen LogP contribution is 2.33. The Balaban J connectivity index is 1.68. The second-order valence-electron chi connectivity index (χ2n) is 7.86. The molecule has 3 aromatic rings. The maximum atomic E-state index is 13.5. The van der Waals surface area contributed by atoms with Gasteiger partial charge in [0.15, 0.2) is 0 Å². The number of benzene rings is 2. The molecule has 4 rings (SSSR count). The Kier molecular flexibility index (Phi) is 6.26. The van der Waals surface area contributed by atoms with Gasteiger partial charge in [0.05, 0.1) is 24.2 Å². The Morgan fingerprint density at radius 1 is 1.12 bits per heavy atom. The zero-order chi connectivity index (χ0) is 22.9. The van der Waals surface area contributed by atoms with E-state index in [1.807, 2.05) is 29.3 Å². The summed E-state index contributed by atoms with van der Waals surface area (Å²) in [6, 6.07) is 15.9. The Morgan fingerprint density at radius 2 is 1.88 bits per heavy atom. The molecule has 0 radical (unpaired) electrons. The number of hydrogen-bond donors (Lipinski definition) is 0. The lowest BCUT2D eigenvalue weighted by Crippen LogP contribution is -2.33. The molecular formula is C24H26N2O4S2. The van der Waals surface area contributed by atoms with Gasteiger partial charge >= 0.3 is 0 Å². The molecule has 1 amide bonds. The monoisotopic (exact) mass is 470 g/mol. The van der Waals surface area contributed by atoms with Crippen LogP contribution in [0.5, 0.6) is 5.75 Å². The average molecular weight is 471 g/mol. The van der Waals surface area contributed by atoms with E-state index in [1.165, 1.54) is 24.5 Å². The van der Waals surface area contributed by atoms with E-state index in [9.17, 15) is 13.2 Å². The van der Waals surface area contributed by atoms with Crippen molar-refractivity contribution in [1.82, 2.24) is 4.90 Å². The highest BCUT2D eigenvalue weighted by atomic mass is 32.2. The fourth-order valence-corrected chi connectivity index (χ4v) is 5.58. The smallest absolute Gasteiger partial charge is 0.264 e. The van der Waals surface area contributed by atoms with Crippen molar-refractivity contribution in [1.29, 1.82) is 0 Å². The van der Waals surface area contributed by atoms with Crippen LogP contribution in [0.15, 0.2) is 64.9 Å². The molecule has 6 nitrogen and oxygen atoms in total. The number of rotatable bonds is 8. The summed E-state index contributed by atoms with van der Waals surface area (Å²) in [7, 11) is -0.903. The zero-order valence-electron chi connectivity index (χ0n) is 18.3. The molecule has 168 valence electrons. The number of thiophene rings is 1. The van der Waals surface area contributed by atoms with E-state index < -0.39 is 10.0 Å². The number of aryl methyl sites for hydroxylation is 1. The molecule has 0 atom stereocenters. The third kappa shape index (κ3) is 4.38. The summed E-state index contributed by atoms with van der Waals surface area (Å²) in [6.07, 6.45) is 1.95. The standard InChI is InChI=1S/C24H26N2O4S2/c1-17-10-13-20(32(28,29)25(2)22-8-4-5-9-23(22)30-3)15-21(17)24(27)26(18-11-12-18)16-19-7-6-14-31-19/h4-10,13-15,18H,11-12,16H2,1-3H3. The number of anilines is 1. The van der Waals surface area contributed by atoms with Gasteiger partial charge in [0, 0.05) is 23.5 Å². The number of carbonyl (C=O) groups is 1. The molecule has 8 heteroatoms. The lowest BCUT2D eigenvalue weighted by Gasteiger charge is -2.24. The summed E-state index contributed by atoms with van der Waals surface area (Å²) in [5, 5.41) is 2.00. The normalized spacial score (nSPS) is 13.6.